The van der Waals surface area contributed by atoms with E-state index in [2.05, 4.69) is 25.7 Å². The highest BCUT2D eigenvalue weighted by atomic mass is 32.2. The number of ether oxygens (including phenoxy) is 1. The van der Waals surface area contributed by atoms with Crippen LogP contribution in [-0.2, 0) is 23.0 Å². The second-order valence-electron chi connectivity index (χ2n) is 7.93. The number of carbonyl (C=O) groups excluding carboxylic acids is 2. The van der Waals surface area contributed by atoms with Crippen molar-refractivity contribution in [2.24, 2.45) is 7.05 Å². The summed E-state index contributed by atoms with van der Waals surface area (Å²) in [4.78, 5) is 26.8. The van der Waals surface area contributed by atoms with E-state index in [0.29, 0.717) is 17.4 Å². The summed E-state index contributed by atoms with van der Waals surface area (Å²) in [5.41, 5.74) is 1.85. The van der Waals surface area contributed by atoms with E-state index >= 15 is 0 Å². The largest absolute Gasteiger partial charge is 0.378 e. The standard InChI is InChI=1S/C24H27FN6O3S/c1-30-21(10-11-26-23(33)19-4-2-3-5-20(19)25)28-29-24(30)35-16-22(32)27-17-6-8-18(9-7-17)31-12-14-34-15-13-31/h2-9H,10-16H2,1H3,(H,26,33)(H,27,32). The summed E-state index contributed by atoms with van der Waals surface area (Å²) in [6.07, 6.45) is 0.423. The van der Waals surface area contributed by atoms with E-state index in [9.17, 15) is 14.0 Å². The molecule has 0 bridgehead atoms. The fraction of sp³-hybridized carbons (Fsp3) is 0.333. The van der Waals surface area contributed by atoms with Gasteiger partial charge in [-0.15, -0.1) is 10.2 Å². The number of halogens is 1. The molecule has 2 N–H and O–H groups in total. The lowest BCUT2D eigenvalue weighted by Crippen LogP contribution is -2.36. The monoisotopic (exact) mass is 498 g/mol. The zero-order valence-electron chi connectivity index (χ0n) is 19.4. The van der Waals surface area contributed by atoms with Gasteiger partial charge >= 0.3 is 0 Å². The van der Waals surface area contributed by atoms with Crippen LogP contribution in [0.4, 0.5) is 15.8 Å². The first-order valence-electron chi connectivity index (χ1n) is 11.3. The Bertz CT molecular complexity index is 1160. The van der Waals surface area contributed by atoms with E-state index in [-0.39, 0.29) is 23.8 Å². The molecule has 3 aromatic rings. The summed E-state index contributed by atoms with van der Waals surface area (Å²) in [6, 6.07) is 13.6. The Morgan fingerprint density at radius 3 is 2.57 bits per heavy atom. The minimum atomic E-state index is -0.561. The van der Waals surface area contributed by atoms with Gasteiger partial charge in [0.2, 0.25) is 5.91 Å². The lowest BCUT2D eigenvalue weighted by Gasteiger charge is -2.28. The third-order valence-electron chi connectivity index (χ3n) is 5.54. The van der Waals surface area contributed by atoms with Crippen LogP contribution in [0, 0.1) is 5.82 Å². The number of morpholine rings is 1. The molecule has 1 aliphatic heterocycles. The zero-order valence-corrected chi connectivity index (χ0v) is 20.2. The molecule has 0 aliphatic carbocycles. The summed E-state index contributed by atoms with van der Waals surface area (Å²) < 4.78 is 20.9. The highest BCUT2D eigenvalue weighted by Gasteiger charge is 2.14. The molecule has 35 heavy (non-hydrogen) atoms. The number of hydrogen-bond donors (Lipinski definition) is 2. The maximum absolute atomic E-state index is 13.7. The Labute approximate surface area is 207 Å². The van der Waals surface area contributed by atoms with E-state index < -0.39 is 11.7 Å². The molecule has 1 fully saturated rings. The fourth-order valence-electron chi connectivity index (χ4n) is 3.62. The number of aromatic nitrogens is 3. The van der Waals surface area contributed by atoms with Crippen molar-refractivity contribution in [3.8, 4) is 0 Å². The van der Waals surface area contributed by atoms with E-state index in [4.69, 9.17) is 4.74 Å². The van der Waals surface area contributed by atoms with Gasteiger partial charge in [-0.2, -0.15) is 0 Å². The Morgan fingerprint density at radius 2 is 1.83 bits per heavy atom. The van der Waals surface area contributed by atoms with E-state index in [1.165, 1.54) is 30.0 Å². The van der Waals surface area contributed by atoms with Gasteiger partial charge in [-0.1, -0.05) is 23.9 Å². The Morgan fingerprint density at radius 1 is 1.09 bits per heavy atom. The van der Waals surface area contributed by atoms with E-state index in [1.54, 1.807) is 17.7 Å². The van der Waals surface area contributed by atoms with Crippen LogP contribution in [0.1, 0.15) is 16.2 Å². The van der Waals surface area contributed by atoms with Gasteiger partial charge in [0.25, 0.3) is 5.91 Å². The van der Waals surface area contributed by atoms with Crippen molar-refractivity contribution in [2.45, 2.75) is 11.6 Å². The van der Waals surface area contributed by atoms with Crippen molar-refractivity contribution in [1.82, 2.24) is 20.1 Å². The quantitative estimate of drug-likeness (QED) is 0.437. The molecule has 2 aromatic carbocycles. The van der Waals surface area contributed by atoms with Gasteiger partial charge in [0.15, 0.2) is 5.16 Å². The molecular weight excluding hydrogens is 471 g/mol. The second-order valence-corrected chi connectivity index (χ2v) is 8.87. The van der Waals surface area contributed by atoms with E-state index in [1.807, 2.05) is 24.3 Å². The number of anilines is 2. The first-order chi connectivity index (χ1) is 17.0. The molecule has 11 heteroatoms. The Hall–Kier alpha value is -3.44. The number of thioether (sulfide) groups is 1. The average Bonchev–Trinajstić information content (AvgIpc) is 3.23. The Kier molecular flexibility index (Phi) is 8.32. The number of carbonyl (C=O) groups is 2. The van der Waals surface area contributed by atoms with Crippen molar-refractivity contribution in [1.29, 1.82) is 0 Å². The van der Waals surface area contributed by atoms with Gasteiger partial charge in [0.1, 0.15) is 11.6 Å². The van der Waals surface area contributed by atoms with Crippen LogP contribution >= 0.6 is 11.8 Å². The normalized spacial score (nSPS) is 13.5. The van der Waals surface area contributed by atoms with E-state index in [0.717, 1.165) is 37.7 Å². The molecule has 1 aromatic heterocycles. The minimum Gasteiger partial charge on any atom is -0.378 e. The summed E-state index contributed by atoms with van der Waals surface area (Å²) >= 11 is 1.28. The smallest absolute Gasteiger partial charge is 0.254 e. The minimum absolute atomic E-state index is 0.00320. The average molecular weight is 499 g/mol. The first kappa shape index (κ1) is 24.7. The fourth-order valence-corrected chi connectivity index (χ4v) is 4.35. The van der Waals surface area contributed by atoms with Crippen LogP contribution < -0.4 is 15.5 Å². The third kappa shape index (κ3) is 6.58. The summed E-state index contributed by atoms with van der Waals surface area (Å²) in [7, 11) is 1.80. The van der Waals surface area contributed by atoms with Gasteiger partial charge < -0.3 is 24.8 Å². The van der Waals surface area contributed by atoms with Gasteiger partial charge in [-0.25, -0.2) is 4.39 Å². The van der Waals surface area contributed by atoms with Crippen molar-refractivity contribution in [3.63, 3.8) is 0 Å². The Balaban J connectivity index is 1.22. The number of hydrogen-bond acceptors (Lipinski definition) is 7. The second kappa shape index (κ2) is 11.8. The first-order valence-corrected chi connectivity index (χ1v) is 12.3. The van der Waals surface area contributed by atoms with Crippen LogP contribution in [0.3, 0.4) is 0 Å². The third-order valence-corrected chi connectivity index (χ3v) is 6.56. The number of nitrogens with zero attached hydrogens (tertiary/aromatic N) is 4. The SMILES string of the molecule is Cn1c(CCNC(=O)c2ccccc2F)nnc1SCC(=O)Nc1ccc(N2CCOCC2)cc1. The zero-order chi connectivity index (χ0) is 24.6. The molecule has 2 heterocycles. The van der Waals surface area contributed by atoms with Crippen LogP contribution in [0.15, 0.2) is 53.7 Å². The highest BCUT2D eigenvalue weighted by Crippen LogP contribution is 2.20. The van der Waals surface area contributed by atoms with Crippen LogP contribution in [0.2, 0.25) is 0 Å². The molecule has 0 radical (unpaired) electrons. The van der Waals surface area contributed by atoms with Crippen LogP contribution in [0.5, 0.6) is 0 Å². The number of benzene rings is 2. The molecule has 184 valence electrons. The summed E-state index contributed by atoms with van der Waals surface area (Å²) in [5, 5.41) is 14.5. The van der Waals surface area contributed by atoms with Crippen molar-refractivity contribution >= 4 is 35.0 Å². The molecule has 0 atom stereocenters. The highest BCUT2D eigenvalue weighted by molar-refractivity contribution is 7.99. The van der Waals surface area contributed by atoms with Gasteiger partial charge in [0, 0.05) is 44.5 Å². The number of nitrogens with one attached hydrogen (secondary N) is 2. The molecule has 1 aliphatic rings. The molecule has 9 nitrogen and oxygen atoms in total. The summed E-state index contributed by atoms with van der Waals surface area (Å²) in [6.45, 7) is 3.45. The molecule has 1 saturated heterocycles. The van der Waals surface area contributed by atoms with Crippen LogP contribution in [-0.4, -0.2) is 65.2 Å². The predicted molar refractivity (Wildman–Crippen MR) is 132 cm³/mol. The topological polar surface area (TPSA) is 101 Å². The molecule has 0 unspecified atom stereocenters. The maximum atomic E-state index is 13.7. The number of rotatable bonds is 9. The molecular formula is C24H27FN6O3S. The molecule has 2 amide bonds. The van der Waals surface area contributed by atoms with Gasteiger partial charge in [-0.05, 0) is 36.4 Å². The molecule has 4 rings (SSSR count). The van der Waals surface area contributed by atoms with Crippen molar-refractivity contribution in [2.75, 3.05) is 48.8 Å². The van der Waals surface area contributed by atoms with Crippen LogP contribution in [0.25, 0.3) is 0 Å². The van der Waals surface area contributed by atoms with Crippen molar-refractivity contribution in [3.05, 3.63) is 65.7 Å². The van der Waals surface area contributed by atoms with Gasteiger partial charge in [0.05, 0.1) is 24.5 Å². The summed E-state index contributed by atoms with van der Waals surface area (Å²) in [5.74, 6) is -0.347. The predicted octanol–water partition coefficient (Wildman–Crippen LogP) is 2.49. The van der Waals surface area contributed by atoms with Gasteiger partial charge in [-0.3, -0.25) is 9.59 Å². The molecule has 0 spiro atoms. The lowest BCUT2D eigenvalue weighted by atomic mass is 10.2. The lowest BCUT2D eigenvalue weighted by molar-refractivity contribution is -0.113. The number of amides is 2. The maximum Gasteiger partial charge on any atom is 0.254 e. The molecule has 0 saturated carbocycles. The van der Waals surface area contributed by atoms with Crippen molar-refractivity contribution < 1.29 is 18.7 Å².